The third-order valence-electron chi connectivity index (χ3n) is 5.44. The van der Waals surface area contributed by atoms with Gasteiger partial charge in [0.1, 0.15) is 5.82 Å². The first-order valence-electron chi connectivity index (χ1n) is 9.82. The van der Waals surface area contributed by atoms with Crippen LogP contribution < -0.4 is 0 Å². The molecule has 30 heavy (non-hydrogen) atoms. The van der Waals surface area contributed by atoms with Crippen molar-refractivity contribution in [1.82, 2.24) is 9.80 Å². The van der Waals surface area contributed by atoms with Gasteiger partial charge in [0.15, 0.2) is 0 Å². The van der Waals surface area contributed by atoms with Gasteiger partial charge in [-0.3, -0.25) is 9.69 Å². The second-order valence-electron chi connectivity index (χ2n) is 7.29. The fourth-order valence-corrected chi connectivity index (χ4v) is 4.50. The molecular weight excluding hydrogens is 422 g/mol. The van der Waals surface area contributed by atoms with E-state index < -0.39 is 0 Å². The van der Waals surface area contributed by atoms with Crippen molar-refractivity contribution in [3.8, 4) is 0 Å². The topological polar surface area (TPSA) is 23.6 Å². The zero-order valence-corrected chi connectivity index (χ0v) is 17.8. The molecule has 1 amide bonds. The van der Waals surface area contributed by atoms with E-state index in [-0.39, 0.29) is 17.8 Å². The van der Waals surface area contributed by atoms with Crippen LogP contribution in [0.4, 0.5) is 4.39 Å². The fourth-order valence-electron chi connectivity index (χ4n) is 3.94. The van der Waals surface area contributed by atoms with Crippen LogP contribution in [0.15, 0.2) is 72.8 Å². The Morgan fingerprint density at radius 3 is 1.93 bits per heavy atom. The number of nitrogens with zero attached hydrogens (tertiary/aromatic N) is 2. The third-order valence-corrected chi connectivity index (χ3v) is 6.07. The molecule has 1 atom stereocenters. The van der Waals surface area contributed by atoms with Crippen molar-refractivity contribution in [2.75, 3.05) is 26.2 Å². The lowest BCUT2D eigenvalue weighted by atomic mass is 9.96. The molecule has 0 aromatic heterocycles. The van der Waals surface area contributed by atoms with Crippen LogP contribution in [0.3, 0.4) is 0 Å². The largest absolute Gasteiger partial charge is 0.336 e. The van der Waals surface area contributed by atoms with Gasteiger partial charge in [-0.15, -0.1) is 0 Å². The molecule has 1 aliphatic heterocycles. The molecule has 0 bridgehead atoms. The highest BCUT2D eigenvalue weighted by atomic mass is 35.5. The van der Waals surface area contributed by atoms with E-state index >= 15 is 0 Å². The number of benzene rings is 3. The first-order valence-corrected chi connectivity index (χ1v) is 10.6. The quantitative estimate of drug-likeness (QED) is 0.518. The van der Waals surface area contributed by atoms with Crippen LogP contribution in [0.5, 0.6) is 0 Å². The molecule has 0 aliphatic carbocycles. The van der Waals surface area contributed by atoms with Crippen molar-refractivity contribution in [2.45, 2.75) is 6.04 Å². The third kappa shape index (κ3) is 4.36. The molecule has 3 aromatic rings. The normalized spacial score (nSPS) is 15.8. The maximum absolute atomic E-state index is 13.5. The Morgan fingerprint density at radius 1 is 0.767 bits per heavy atom. The van der Waals surface area contributed by atoms with Crippen LogP contribution in [0.2, 0.25) is 10.0 Å². The van der Waals surface area contributed by atoms with Crippen LogP contribution >= 0.6 is 23.2 Å². The van der Waals surface area contributed by atoms with Crippen molar-refractivity contribution < 1.29 is 9.18 Å². The molecule has 0 N–H and O–H groups in total. The molecule has 154 valence electrons. The summed E-state index contributed by atoms with van der Waals surface area (Å²) in [6, 6.07) is 21.9. The van der Waals surface area contributed by atoms with E-state index in [1.54, 1.807) is 23.1 Å². The zero-order valence-electron chi connectivity index (χ0n) is 16.3. The minimum absolute atomic E-state index is 0.00652. The average molecular weight is 443 g/mol. The van der Waals surface area contributed by atoms with Gasteiger partial charge in [-0.25, -0.2) is 4.39 Å². The van der Waals surface area contributed by atoms with E-state index in [0.717, 1.165) is 11.1 Å². The maximum Gasteiger partial charge on any atom is 0.256 e. The number of halogens is 3. The van der Waals surface area contributed by atoms with Crippen LogP contribution in [-0.4, -0.2) is 41.9 Å². The van der Waals surface area contributed by atoms with Crippen molar-refractivity contribution in [3.63, 3.8) is 0 Å². The van der Waals surface area contributed by atoms with Gasteiger partial charge in [-0.2, -0.15) is 0 Å². The zero-order chi connectivity index (χ0) is 21.1. The molecule has 1 aliphatic rings. The van der Waals surface area contributed by atoms with E-state index in [0.29, 0.717) is 41.8 Å². The summed E-state index contributed by atoms with van der Waals surface area (Å²) in [7, 11) is 0. The van der Waals surface area contributed by atoms with Crippen molar-refractivity contribution in [1.29, 1.82) is 0 Å². The minimum atomic E-state index is -0.252. The maximum atomic E-state index is 13.5. The second-order valence-corrected chi connectivity index (χ2v) is 8.10. The number of carbonyl (C=O) groups is 1. The molecule has 0 unspecified atom stereocenters. The highest BCUT2D eigenvalue weighted by Crippen LogP contribution is 2.31. The number of piperazine rings is 1. The number of amides is 1. The van der Waals surface area contributed by atoms with Gasteiger partial charge < -0.3 is 4.90 Å². The Morgan fingerprint density at radius 2 is 1.33 bits per heavy atom. The molecule has 6 heteroatoms. The lowest BCUT2D eigenvalue weighted by Crippen LogP contribution is -2.50. The van der Waals surface area contributed by atoms with Gasteiger partial charge in [-0.05, 0) is 35.4 Å². The highest BCUT2D eigenvalue weighted by Gasteiger charge is 2.30. The molecule has 0 saturated carbocycles. The molecule has 1 heterocycles. The smallest absolute Gasteiger partial charge is 0.256 e. The molecule has 0 radical (unpaired) electrons. The number of rotatable bonds is 4. The van der Waals surface area contributed by atoms with Gasteiger partial charge in [0.2, 0.25) is 0 Å². The molecule has 3 nitrogen and oxygen atoms in total. The van der Waals surface area contributed by atoms with Gasteiger partial charge >= 0.3 is 0 Å². The van der Waals surface area contributed by atoms with Gasteiger partial charge in [0, 0.05) is 26.2 Å². The molecule has 1 fully saturated rings. The average Bonchev–Trinajstić information content (AvgIpc) is 2.76. The van der Waals surface area contributed by atoms with Crippen LogP contribution in [-0.2, 0) is 0 Å². The predicted octanol–water partition coefficient (Wildman–Crippen LogP) is 5.68. The number of hydrogen-bond acceptors (Lipinski definition) is 2. The molecular formula is C24H21Cl2FN2O. The summed E-state index contributed by atoms with van der Waals surface area (Å²) < 4.78 is 13.5. The summed E-state index contributed by atoms with van der Waals surface area (Å²) in [5.41, 5.74) is 2.52. The minimum Gasteiger partial charge on any atom is -0.336 e. The van der Waals surface area contributed by atoms with Crippen molar-refractivity contribution in [3.05, 3.63) is 105 Å². The Labute approximate surface area is 185 Å². The molecule has 3 aromatic carbocycles. The van der Waals surface area contributed by atoms with E-state index in [9.17, 15) is 9.18 Å². The lowest BCUT2D eigenvalue weighted by molar-refractivity contribution is 0.0597. The predicted molar refractivity (Wildman–Crippen MR) is 119 cm³/mol. The summed E-state index contributed by atoms with van der Waals surface area (Å²) >= 11 is 12.4. The standard InChI is InChI=1S/C24H21Cl2FN2O/c25-20-7-4-8-21(26)22(20)24(30)29-15-13-28(14-16-29)23(17-5-2-1-3-6-17)18-9-11-19(27)12-10-18/h1-12,23H,13-16H2/t23-/m1/s1. The van der Waals surface area contributed by atoms with E-state index in [1.807, 2.05) is 30.3 Å². The van der Waals surface area contributed by atoms with E-state index in [1.165, 1.54) is 12.1 Å². The fraction of sp³-hybridized carbons (Fsp3) is 0.208. The van der Waals surface area contributed by atoms with Crippen molar-refractivity contribution >= 4 is 29.1 Å². The highest BCUT2D eigenvalue weighted by molar-refractivity contribution is 6.39. The first kappa shape index (κ1) is 20.9. The first-order chi connectivity index (χ1) is 14.5. The molecule has 4 rings (SSSR count). The van der Waals surface area contributed by atoms with Crippen LogP contribution in [0, 0.1) is 5.82 Å². The lowest BCUT2D eigenvalue weighted by Gasteiger charge is -2.40. The summed E-state index contributed by atoms with van der Waals surface area (Å²) in [5, 5.41) is 0.729. The SMILES string of the molecule is O=C(c1c(Cl)cccc1Cl)N1CCN([C@H](c2ccccc2)c2ccc(F)cc2)CC1. The molecule has 1 saturated heterocycles. The second kappa shape index (κ2) is 9.17. The van der Waals surface area contributed by atoms with Crippen LogP contribution in [0.1, 0.15) is 27.5 Å². The van der Waals surface area contributed by atoms with Gasteiger partial charge in [0.25, 0.3) is 5.91 Å². The summed E-state index contributed by atoms with van der Waals surface area (Å²) in [6.07, 6.45) is 0. The Bertz CT molecular complexity index is 999. The summed E-state index contributed by atoms with van der Waals surface area (Å²) in [6.45, 7) is 2.49. The summed E-state index contributed by atoms with van der Waals surface area (Å²) in [5.74, 6) is -0.402. The van der Waals surface area contributed by atoms with Crippen molar-refractivity contribution in [2.24, 2.45) is 0 Å². The Balaban J connectivity index is 1.54. The molecule has 0 spiro atoms. The number of carbonyl (C=O) groups excluding carboxylic acids is 1. The monoisotopic (exact) mass is 442 g/mol. The van der Waals surface area contributed by atoms with Crippen LogP contribution in [0.25, 0.3) is 0 Å². The Kier molecular flexibility index (Phi) is 6.38. The Hall–Kier alpha value is -2.40. The summed E-state index contributed by atoms with van der Waals surface area (Å²) in [4.78, 5) is 17.1. The van der Waals surface area contributed by atoms with Gasteiger partial charge in [0.05, 0.1) is 21.7 Å². The van der Waals surface area contributed by atoms with Gasteiger partial charge in [-0.1, -0.05) is 71.7 Å². The van der Waals surface area contributed by atoms with E-state index in [2.05, 4.69) is 17.0 Å². The van der Waals surface area contributed by atoms with E-state index in [4.69, 9.17) is 23.2 Å². The number of hydrogen-bond donors (Lipinski definition) is 0.